The van der Waals surface area contributed by atoms with Gasteiger partial charge in [-0.1, -0.05) is 13.0 Å². The molecule has 40 heavy (non-hydrogen) atoms. The smallest absolute Gasteiger partial charge is 0.325 e. The van der Waals surface area contributed by atoms with Crippen LogP contribution in [0.3, 0.4) is 0 Å². The molecule has 1 aliphatic rings. The molecule has 0 saturated carbocycles. The number of nitrogens with zero attached hydrogens (tertiary/aromatic N) is 7. The van der Waals surface area contributed by atoms with Gasteiger partial charge in [0.05, 0.1) is 11.7 Å². The Morgan fingerprint density at radius 3 is 2.42 bits per heavy atom. The van der Waals surface area contributed by atoms with E-state index in [1.807, 2.05) is 23.3 Å². The Bertz CT molecular complexity index is 1530. The number of likely N-dealkylation sites (N-methyl/N-ethyl adjacent to an activating group) is 1. The lowest BCUT2D eigenvalue weighted by Crippen LogP contribution is -2.49. The summed E-state index contributed by atoms with van der Waals surface area (Å²) in [5.41, 5.74) is 1.52. The number of piperazine rings is 1. The van der Waals surface area contributed by atoms with E-state index in [2.05, 4.69) is 37.1 Å². The predicted molar refractivity (Wildman–Crippen MR) is 147 cm³/mol. The molecule has 0 aliphatic carbocycles. The molecule has 0 radical (unpaired) electrons. The maximum Gasteiger partial charge on any atom is 0.325 e. The minimum atomic E-state index is -0.933. The number of carbonyl (C=O) groups is 1. The van der Waals surface area contributed by atoms with Gasteiger partial charge in [-0.05, 0) is 51.1 Å². The number of hydrogen-bond acceptors (Lipinski definition) is 8. The summed E-state index contributed by atoms with van der Waals surface area (Å²) in [7, 11) is 0. The molecular weight excluding hydrogens is 518 g/mol. The van der Waals surface area contributed by atoms with Crippen molar-refractivity contribution in [1.82, 2.24) is 34.3 Å². The van der Waals surface area contributed by atoms with Crippen LogP contribution in [0.4, 0.5) is 20.5 Å². The van der Waals surface area contributed by atoms with Crippen LogP contribution in [-0.4, -0.2) is 78.1 Å². The number of nitrogens with one attached hydrogen (secondary N) is 1. The van der Waals surface area contributed by atoms with Crippen molar-refractivity contribution in [2.24, 2.45) is 0 Å². The van der Waals surface area contributed by atoms with E-state index in [1.165, 1.54) is 12.3 Å². The number of halogens is 2. The van der Waals surface area contributed by atoms with Gasteiger partial charge < -0.3 is 19.9 Å². The van der Waals surface area contributed by atoms with Crippen LogP contribution in [0.2, 0.25) is 0 Å². The summed E-state index contributed by atoms with van der Waals surface area (Å²) in [6, 6.07) is 5.45. The zero-order valence-electron chi connectivity index (χ0n) is 22.9. The quantitative estimate of drug-likeness (QED) is 0.326. The number of anilines is 2. The van der Waals surface area contributed by atoms with Crippen LogP contribution in [0.25, 0.3) is 22.3 Å². The molecule has 1 aromatic carbocycles. The van der Waals surface area contributed by atoms with Crippen LogP contribution < -0.4 is 5.32 Å². The highest BCUT2D eigenvalue weighted by Crippen LogP contribution is 2.30. The molecule has 0 spiro atoms. The standard InChI is InChI=1S/C28H32F2N8O2/c1-5-36-8-10-37(11-9-36)26(27(39)40)18-6-7-23(31-14-18)34-28-32-15-21(30)24(35-28)19-12-20(29)25-22(13-19)38(16(2)3)17(4)33-25/h6-7,12-16,26H,5,8-11H2,1-4H3,(H,39,40)(H,31,32,34,35)/t26-/m0/s1. The molecule has 4 aromatic rings. The Hall–Kier alpha value is -4.03. The minimum absolute atomic E-state index is 0.0304. The highest BCUT2D eigenvalue weighted by molar-refractivity contribution is 5.83. The van der Waals surface area contributed by atoms with Crippen molar-refractivity contribution in [2.75, 3.05) is 38.0 Å². The third-order valence-electron chi connectivity index (χ3n) is 7.25. The van der Waals surface area contributed by atoms with E-state index in [0.717, 1.165) is 25.8 Å². The Balaban J connectivity index is 1.39. The zero-order valence-corrected chi connectivity index (χ0v) is 22.9. The second-order valence-corrected chi connectivity index (χ2v) is 10.2. The lowest BCUT2D eigenvalue weighted by atomic mass is 10.1. The van der Waals surface area contributed by atoms with Gasteiger partial charge in [-0.15, -0.1) is 0 Å². The number of imidazole rings is 1. The molecule has 1 saturated heterocycles. The SMILES string of the molecule is CCN1CCN([C@H](C(=O)O)c2ccc(Nc3ncc(F)c(-c4cc(F)c5nc(C)n(C(C)C)c5c4)n3)nc2)CC1. The summed E-state index contributed by atoms with van der Waals surface area (Å²) < 4.78 is 31.7. The van der Waals surface area contributed by atoms with Crippen molar-refractivity contribution in [3.05, 3.63) is 59.7 Å². The van der Waals surface area contributed by atoms with Crippen LogP contribution in [0.5, 0.6) is 0 Å². The second-order valence-electron chi connectivity index (χ2n) is 10.2. The van der Waals surface area contributed by atoms with Gasteiger partial charge in [0.25, 0.3) is 0 Å². The third-order valence-corrected chi connectivity index (χ3v) is 7.25. The molecule has 210 valence electrons. The van der Waals surface area contributed by atoms with E-state index in [9.17, 15) is 18.7 Å². The summed E-state index contributed by atoms with van der Waals surface area (Å²) in [4.78, 5) is 33.3. The molecule has 1 aliphatic heterocycles. The summed E-state index contributed by atoms with van der Waals surface area (Å²) in [6.45, 7) is 11.7. The second kappa shape index (κ2) is 11.2. The van der Waals surface area contributed by atoms with E-state index < -0.39 is 23.6 Å². The van der Waals surface area contributed by atoms with Crippen LogP contribution in [-0.2, 0) is 4.79 Å². The number of hydrogen-bond donors (Lipinski definition) is 2. The molecule has 0 amide bonds. The molecule has 4 heterocycles. The maximum atomic E-state index is 15.0. The number of carboxylic acid groups (broad SMARTS) is 1. The molecule has 12 heteroatoms. The predicted octanol–water partition coefficient (Wildman–Crippen LogP) is 4.56. The van der Waals surface area contributed by atoms with Gasteiger partial charge in [0, 0.05) is 44.0 Å². The Morgan fingerprint density at radius 2 is 1.80 bits per heavy atom. The van der Waals surface area contributed by atoms with Crippen molar-refractivity contribution < 1.29 is 18.7 Å². The van der Waals surface area contributed by atoms with Crippen molar-refractivity contribution in [2.45, 2.75) is 39.8 Å². The first-order valence-electron chi connectivity index (χ1n) is 13.3. The normalized spacial score (nSPS) is 15.6. The van der Waals surface area contributed by atoms with E-state index in [-0.39, 0.29) is 28.8 Å². The van der Waals surface area contributed by atoms with Crippen molar-refractivity contribution in [3.63, 3.8) is 0 Å². The van der Waals surface area contributed by atoms with Gasteiger partial charge in [0.1, 0.15) is 28.9 Å². The van der Waals surface area contributed by atoms with Crippen molar-refractivity contribution in [1.29, 1.82) is 0 Å². The molecular formula is C28H32F2N8O2. The summed E-state index contributed by atoms with van der Waals surface area (Å²) in [5, 5.41) is 12.9. The number of carboxylic acids is 1. The summed E-state index contributed by atoms with van der Waals surface area (Å²) in [6.07, 6.45) is 2.53. The Labute approximate surface area is 230 Å². The largest absolute Gasteiger partial charge is 0.480 e. The molecule has 0 bridgehead atoms. The first kappa shape index (κ1) is 27.5. The van der Waals surface area contributed by atoms with Crippen LogP contribution in [0, 0.1) is 18.6 Å². The number of aliphatic carboxylic acids is 1. The van der Waals surface area contributed by atoms with Gasteiger partial charge in [0.2, 0.25) is 5.95 Å². The number of aromatic nitrogens is 5. The molecule has 10 nitrogen and oxygen atoms in total. The zero-order chi connectivity index (χ0) is 28.6. The lowest BCUT2D eigenvalue weighted by Gasteiger charge is -2.37. The first-order chi connectivity index (χ1) is 19.2. The van der Waals surface area contributed by atoms with Crippen LogP contribution in [0.1, 0.15) is 44.2 Å². The third kappa shape index (κ3) is 5.36. The van der Waals surface area contributed by atoms with E-state index in [1.54, 1.807) is 25.1 Å². The fourth-order valence-electron chi connectivity index (χ4n) is 5.29. The molecule has 2 N–H and O–H groups in total. The molecule has 1 atom stereocenters. The van der Waals surface area contributed by atoms with Gasteiger partial charge in [0.15, 0.2) is 11.6 Å². The lowest BCUT2D eigenvalue weighted by molar-refractivity contribution is -0.144. The number of benzene rings is 1. The molecule has 0 unspecified atom stereocenters. The first-order valence-corrected chi connectivity index (χ1v) is 13.3. The summed E-state index contributed by atoms with van der Waals surface area (Å²) >= 11 is 0. The average molecular weight is 551 g/mol. The Morgan fingerprint density at radius 1 is 1.05 bits per heavy atom. The van der Waals surface area contributed by atoms with E-state index in [0.29, 0.717) is 35.8 Å². The molecule has 3 aromatic heterocycles. The van der Waals surface area contributed by atoms with Gasteiger partial charge in [-0.25, -0.2) is 28.7 Å². The van der Waals surface area contributed by atoms with Crippen molar-refractivity contribution in [3.8, 4) is 11.3 Å². The van der Waals surface area contributed by atoms with E-state index >= 15 is 0 Å². The maximum absolute atomic E-state index is 15.0. The number of aryl methyl sites for hydroxylation is 1. The summed E-state index contributed by atoms with van der Waals surface area (Å²) in [5.74, 6) is -1.12. The van der Waals surface area contributed by atoms with Crippen LogP contribution in [0.15, 0.2) is 36.7 Å². The van der Waals surface area contributed by atoms with Crippen LogP contribution >= 0.6 is 0 Å². The monoisotopic (exact) mass is 550 g/mol. The fraction of sp³-hybridized carbons (Fsp3) is 0.393. The topological polar surface area (TPSA) is 112 Å². The highest BCUT2D eigenvalue weighted by Gasteiger charge is 2.30. The minimum Gasteiger partial charge on any atom is -0.480 e. The number of rotatable bonds is 8. The van der Waals surface area contributed by atoms with Gasteiger partial charge >= 0.3 is 5.97 Å². The molecule has 5 rings (SSSR count). The van der Waals surface area contributed by atoms with Gasteiger partial charge in [-0.2, -0.15) is 0 Å². The van der Waals surface area contributed by atoms with Crippen molar-refractivity contribution >= 4 is 28.8 Å². The number of pyridine rings is 1. The fourth-order valence-corrected chi connectivity index (χ4v) is 5.29. The molecule has 1 fully saturated rings. The Kier molecular flexibility index (Phi) is 7.72. The highest BCUT2D eigenvalue weighted by atomic mass is 19.1. The van der Waals surface area contributed by atoms with Gasteiger partial charge in [-0.3, -0.25) is 9.69 Å². The average Bonchev–Trinajstić information content (AvgIpc) is 3.27. The van der Waals surface area contributed by atoms with E-state index in [4.69, 9.17) is 0 Å². The number of fused-ring (bicyclic) bond motifs is 1.